The highest BCUT2D eigenvalue weighted by Gasteiger charge is 2.53. The van der Waals surface area contributed by atoms with Gasteiger partial charge in [0.05, 0.1) is 5.41 Å². The van der Waals surface area contributed by atoms with Crippen LogP contribution >= 0.6 is 0 Å². The summed E-state index contributed by atoms with van der Waals surface area (Å²) in [6, 6.07) is 58.2. The number of rotatable bonds is 1. The SMILES string of the molecule is c1ccc2c(c1)Oc1cccc3ccc(-c4cccc5c4-c4ccccc4C54c5ccccc5-c5ccc6ccccc6c54)c-2c13. The van der Waals surface area contributed by atoms with E-state index in [1.807, 2.05) is 0 Å². The highest BCUT2D eigenvalue weighted by atomic mass is 16.5. The number of benzene rings is 8. The third kappa shape index (κ3) is 2.83. The molecule has 212 valence electrons. The molecular formula is C45H26O. The fourth-order valence-corrected chi connectivity index (χ4v) is 9.01. The molecule has 0 amide bonds. The first kappa shape index (κ1) is 24.4. The Morgan fingerprint density at radius 1 is 0.348 bits per heavy atom. The summed E-state index contributed by atoms with van der Waals surface area (Å²) in [7, 11) is 0. The predicted octanol–water partition coefficient (Wildman–Crippen LogP) is 11.8. The highest BCUT2D eigenvalue weighted by Crippen LogP contribution is 2.65. The lowest BCUT2D eigenvalue weighted by Crippen LogP contribution is -2.26. The molecule has 46 heavy (non-hydrogen) atoms. The topological polar surface area (TPSA) is 9.23 Å². The van der Waals surface area contributed by atoms with Gasteiger partial charge in [0.2, 0.25) is 0 Å². The lowest BCUT2D eigenvalue weighted by Gasteiger charge is -2.31. The zero-order chi connectivity index (χ0) is 30.0. The molecule has 0 saturated heterocycles. The summed E-state index contributed by atoms with van der Waals surface area (Å²) in [5.41, 5.74) is 15.2. The highest BCUT2D eigenvalue weighted by molar-refractivity contribution is 6.13. The Labute approximate surface area is 267 Å². The average molecular weight is 583 g/mol. The third-order valence-electron chi connectivity index (χ3n) is 10.7. The zero-order valence-corrected chi connectivity index (χ0v) is 24.9. The molecule has 1 spiro atoms. The van der Waals surface area contributed by atoms with Crippen molar-refractivity contribution < 1.29 is 4.74 Å². The van der Waals surface area contributed by atoms with Crippen molar-refractivity contribution in [2.75, 3.05) is 0 Å². The maximum absolute atomic E-state index is 6.48. The van der Waals surface area contributed by atoms with Crippen LogP contribution in [0.25, 0.3) is 66.1 Å². The summed E-state index contributed by atoms with van der Waals surface area (Å²) >= 11 is 0. The van der Waals surface area contributed by atoms with Crippen molar-refractivity contribution >= 4 is 21.5 Å². The van der Waals surface area contributed by atoms with Crippen molar-refractivity contribution in [2.24, 2.45) is 0 Å². The summed E-state index contributed by atoms with van der Waals surface area (Å²) in [6.07, 6.45) is 0. The molecule has 1 atom stereocenters. The van der Waals surface area contributed by atoms with Crippen molar-refractivity contribution in [3.63, 3.8) is 0 Å². The molecule has 1 heteroatoms. The number of ether oxygens (including phenoxy) is 1. The van der Waals surface area contributed by atoms with Crippen LogP contribution in [0.5, 0.6) is 11.5 Å². The molecule has 1 nitrogen and oxygen atoms in total. The summed E-state index contributed by atoms with van der Waals surface area (Å²) in [4.78, 5) is 0. The zero-order valence-electron chi connectivity index (χ0n) is 24.9. The van der Waals surface area contributed by atoms with E-state index in [1.54, 1.807) is 0 Å². The Morgan fingerprint density at radius 2 is 0.935 bits per heavy atom. The lowest BCUT2D eigenvalue weighted by molar-refractivity contribution is 0.487. The Balaban J connectivity index is 1.31. The molecule has 0 N–H and O–H groups in total. The normalized spacial score (nSPS) is 16.1. The molecule has 0 aromatic heterocycles. The van der Waals surface area contributed by atoms with Gasteiger partial charge in [-0.25, -0.2) is 0 Å². The molecule has 0 saturated carbocycles. The van der Waals surface area contributed by atoms with Gasteiger partial charge in [-0.2, -0.15) is 0 Å². The molecule has 8 aromatic carbocycles. The first-order valence-electron chi connectivity index (χ1n) is 16.0. The second-order valence-corrected chi connectivity index (χ2v) is 12.7. The van der Waals surface area contributed by atoms with E-state index in [0.29, 0.717) is 0 Å². The van der Waals surface area contributed by atoms with Crippen LogP contribution < -0.4 is 4.74 Å². The monoisotopic (exact) mass is 582 g/mol. The smallest absolute Gasteiger partial charge is 0.135 e. The van der Waals surface area contributed by atoms with E-state index in [2.05, 4.69) is 158 Å². The number of hydrogen-bond acceptors (Lipinski definition) is 1. The Morgan fingerprint density at radius 3 is 1.85 bits per heavy atom. The minimum atomic E-state index is -0.422. The Hall–Kier alpha value is -5.92. The van der Waals surface area contributed by atoms with E-state index >= 15 is 0 Å². The second-order valence-electron chi connectivity index (χ2n) is 12.7. The van der Waals surface area contributed by atoms with Crippen molar-refractivity contribution in [3.05, 3.63) is 180 Å². The average Bonchev–Trinajstić information content (AvgIpc) is 3.59. The largest absolute Gasteiger partial charge is 0.456 e. The van der Waals surface area contributed by atoms with Crippen LogP contribution in [-0.4, -0.2) is 0 Å². The maximum atomic E-state index is 6.48. The molecule has 2 aliphatic carbocycles. The second kappa shape index (κ2) is 8.62. The molecule has 3 aliphatic rings. The Bertz CT molecular complexity index is 2630. The van der Waals surface area contributed by atoms with E-state index in [9.17, 15) is 0 Å². The van der Waals surface area contributed by atoms with Crippen LogP contribution in [0.4, 0.5) is 0 Å². The fraction of sp³-hybridized carbons (Fsp3) is 0.0222. The van der Waals surface area contributed by atoms with Gasteiger partial charge in [0, 0.05) is 16.5 Å². The maximum Gasteiger partial charge on any atom is 0.135 e. The Kier molecular flexibility index (Phi) is 4.57. The first-order chi connectivity index (χ1) is 22.8. The number of hydrogen-bond donors (Lipinski definition) is 0. The van der Waals surface area contributed by atoms with Gasteiger partial charge in [0.25, 0.3) is 0 Å². The van der Waals surface area contributed by atoms with Crippen molar-refractivity contribution in [2.45, 2.75) is 5.41 Å². The standard InChI is InChI=1S/C45H26O/c1-2-13-29-27(11-1)23-26-33-30-14-3-6-18-36(30)45(44(29)33)37-19-7-4-15-34(37)42-31(17-10-20-38(42)45)32-25-24-28-12-9-22-40-41(28)43(32)35-16-5-8-21-39(35)46-40/h1-26H. The number of fused-ring (bicyclic) bond motifs is 14. The quantitative estimate of drug-likeness (QED) is 0.187. The predicted molar refractivity (Wildman–Crippen MR) is 189 cm³/mol. The first-order valence-corrected chi connectivity index (χ1v) is 16.0. The van der Waals surface area contributed by atoms with E-state index in [1.165, 1.54) is 82.7 Å². The molecule has 11 rings (SSSR count). The molecule has 0 radical (unpaired) electrons. The minimum absolute atomic E-state index is 0.422. The van der Waals surface area contributed by atoms with Crippen molar-refractivity contribution in [1.29, 1.82) is 0 Å². The van der Waals surface area contributed by atoms with E-state index in [0.717, 1.165) is 17.1 Å². The van der Waals surface area contributed by atoms with Crippen LogP contribution in [0, 0.1) is 0 Å². The van der Waals surface area contributed by atoms with Gasteiger partial charge >= 0.3 is 0 Å². The summed E-state index contributed by atoms with van der Waals surface area (Å²) < 4.78 is 6.48. The number of para-hydroxylation sites is 1. The summed E-state index contributed by atoms with van der Waals surface area (Å²) in [5.74, 6) is 1.83. The molecule has 1 heterocycles. The third-order valence-corrected chi connectivity index (χ3v) is 10.7. The van der Waals surface area contributed by atoms with Crippen LogP contribution in [0.15, 0.2) is 158 Å². The van der Waals surface area contributed by atoms with E-state index < -0.39 is 5.41 Å². The van der Waals surface area contributed by atoms with Crippen LogP contribution in [0.2, 0.25) is 0 Å². The molecule has 0 fully saturated rings. The minimum Gasteiger partial charge on any atom is -0.456 e. The molecule has 8 aromatic rings. The van der Waals surface area contributed by atoms with Crippen LogP contribution in [0.3, 0.4) is 0 Å². The molecule has 1 unspecified atom stereocenters. The summed E-state index contributed by atoms with van der Waals surface area (Å²) in [6.45, 7) is 0. The molecule has 1 aliphatic heterocycles. The van der Waals surface area contributed by atoms with Crippen LogP contribution in [-0.2, 0) is 5.41 Å². The fourth-order valence-electron chi connectivity index (χ4n) is 9.01. The van der Waals surface area contributed by atoms with Crippen LogP contribution in [0.1, 0.15) is 22.3 Å². The van der Waals surface area contributed by atoms with Gasteiger partial charge in [0.15, 0.2) is 0 Å². The van der Waals surface area contributed by atoms with Gasteiger partial charge in [-0.15, -0.1) is 0 Å². The van der Waals surface area contributed by atoms with E-state index in [-0.39, 0.29) is 0 Å². The molecular weight excluding hydrogens is 556 g/mol. The van der Waals surface area contributed by atoms with Gasteiger partial charge < -0.3 is 4.74 Å². The van der Waals surface area contributed by atoms with Gasteiger partial charge in [-0.05, 0) is 83.9 Å². The van der Waals surface area contributed by atoms with E-state index in [4.69, 9.17) is 4.74 Å². The van der Waals surface area contributed by atoms with Gasteiger partial charge in [-0.1, -0.05) is 146 Å². The van der Waals surface area contributed by atoms with Gasteiger partial charge in [0.1, 0.15) is 11.5 Å². The van der Waals surface area contributed by atoms with Gasteiger partial charge in [-0.3, -0.25) is 0 Å². The molecule has 0 bridgehead atoms. The lowest BCUT2D eigenvalue weighted by atomic mass is 9.69. The summed E-state index contributed by atoms with van der Waals surface area (Å²) in [5, 5.41) is 4.97. The van der Waals surface area contributed by atoms with Crippen molar-refractivity contribution in [1.82, 2.24) is 0 Å². The van der Waals surface area contributed by atoms with Crippen molar-refractivity contribution in [3.8, 4) is 56.0 Å².